The van der Waals surface area contributed by atoms with Crippen molar-refractivity contribution in [3.05, 3.63) is 35.3 Å². The van der Waals surface area contributed by atoms with Crippen molar-refractivity contribution < 1.29 is 4.79 Å². The van der Waals surface area contributed by atoms with Gasteiger partial charge in [0.05, 0.1) is 10.2 Å². The van der Waals surface area contributed by atoms with Gasteiger partial charge in [0.2, 0.25) is 5.91 Å². The van der Waals surface area contributed by atoms with E-state index in [0.29, 0.717) is 17.9 Å². The molecule has 3 atom stereocenters. The summed E-state index contributed by atoms with van der Waals surface area (Å²) in [5.74, 6) is 1.23. The molecule has 22 heavy (non-hydrogen) atoms. The molecule has 0 radical (unpaired) electrons. The van der Waals surface area contributed by atoms with Crippen molar-refractivity contribution in [3.63, 3.8) is 0 Å². The predicted octanol–water partition coefficient (Wildman–Crippen LogP) is 4.25. The first-order valence-electron chi connectivity index (χ1n) is 7.97. The quantitative estimate of drug-likeness (QED) is 0.861. The fourth-order valence-corrected chi connectivity index (χ4v) is 4.00. The minimum Gasteiger partial charge on any atom is -0.350 e. The molecule has 0 saturated heterocycles. The molecule has 1 saturated carbocycles. The van der Waals surface area contributed by atoms with Crippen LogP contribution in [0.1, 0.15) is 38.1 Å². The number of carbonyl (C=O) groups excluding carboxylic acids is 1. The molecule has 1 aromatic carbocycles. The van der Waals surface area contributed by atoms with E-state index in [4.69, 9.17) is 0 Å². The van der Waals surface area contributed by atoms with E-state index in [-0.39, 0.29) is 5.91 Å². The van der Waals surface area contributed by atoms with E-state index in [9.17, 15) is 4.79 Å². The third kappa shape index (κ3) is 3.38. The largest absolute Gasteiger partial charge is 0.350 e. The predicted molar refractivity (Wildman–Crippen MR) is 92.8 cm³/mol. The Kier molecular flexibility index (Phi) is 4.57. The Morgan fingerprint density at radius 1 is 1.32 bits per heavy atom. The minimum atomic E-state index is -0.00907. The lowest BCUT2D eigenvalue weighted by atomic mass is 9.78. The van der Waals surface area contributed by atoms with Crippen molar-refractivity contribution in [3.8, 4) is 0 Å². The molecule has 1 aliphatic carbocycles. The average molecular weight is 314 g/mol. The maximum Gasteiger partial charge on any atom is 0.244 e. The summed E-state index contributed by atoms with van der Waals surface area (Å²) < 4.78 is 1.15. The zero-order chi connectivity index (χ0) is 15.5. The molecule has 1 aromatic heterocycles. The van der Waals surface area contributed by atoms with Gasteiger partial charge < -0.3 is 5.32 Å². The number of fused-ring (bicyclic) bond motifs is 1. The van der Waals surface area contributed by atoms with Crippen LogP contribution in [-0.4, -0.2) is 16.9 Å². The fraction of sp³-hybridized carbons (Fsp3) is 0.444. The highest BCUT2D eigenvalue weighted by Gasteiger charge is 2.27. The van der Waals surface area contributed by atoms with Crippen LogP contribution in [0.15, 0.2) is 30.3 Å². The highest BCUT2D eigenvalue weighted by Crippen LogP contribution is 2.29. The molecular weight excluding hydrogens is 292 g/mol. The third-order valence-corrected chi connectivity index (χ3v) is 5.72. The number of rotatable bonds is 3. The zero-order valence-electron chi connectivity index (χ0n) is 13.1. The molecule has 1 aliphatic rings. The van der Waals surface area contributed by atoms with Gasteiger partial charge in [-0.05, 0) is 36.5 Å². The minimum absolute atomic E-state index is 0.00907. The summed E-state index contributed by atoms with van der Waals surface area (Å²) in [5, 5.41) is 4.03. The zero-order valence-corrected chi connectivity index (χ0v) is 13.9. The molecule has 3 rings (SSSR count). The van der Waals surface area contributed by atoms with Crippen LogP contribution in [0.2, 0.25) is 0 Å². The molecule has 0 bridgehead atoms. The maximum atomic E-state index is 12.1. The topological polar surface area (TPSA) is 42.0 Å². The molecule has 3 nitrogen and oxygen atoms in total. The second-order valence-corrected chi connectivity index (χ2v) is 7.30. The first kappa shape index (κ1) is 15.2. The lowest BCUT2D eigenvalue weighted by molar-refractivity contribution is -0.117. The van der Waals surface area contributed by atoms with Crippen LogP contribution < -0.4 is 5.32 Å². The summed E-state index contributed by atoms with van der Waals surface area (Å²) in [7, 11) is 0. The van der Waals surface area contributed by atoms with Gasteiger partial charge in [0.15, 0.2) is 0 Å². The summed E-state index contributed by atoms with van der Waals surface area (Å²) >= 11 is 1.61. The molecule has 2 aromatic rings. The van der Waals surface area contributed by atoms with Crippen molar-refractivity contribution in [1.82, 2.24) is 10.3 Å². The van der Waals surface area contributed by atoms with Crippen LogP contribution in [0, 0.1) is 11.8 Å². The Morgan fingerprint density at radius 2 is 2.14 bits per heavy atom. The van der Waals surface area contributed by atoms with Crippen LogP contribution in [0.3, 0.4) is 0 Å². The van der Waals surface area contributed by atoms with Gasteiger partial charge in [0.25, 0.3) is 0 Å². The number of hydrogen-bond acceptors (Lipinski definition) is 3. The van der Waals surface area contributed by atoms with Crippen molar-refractivity contribution in [2.45, 2.75) is 39.2 Å². The summed E-state index contributed by atoms with van der Waals surface area (Å²) in [5.41, 5.74) is 0.988. The van der Waals surface area contributed by atoms with Gasteiger partial charge in [-0.25, -0.2) is 4.98 Å². The Hall–Kier alpha value is -1.68. The standard InChI is InChI=1S/C18H22N2OS/c1-12-6-5-8-14(13(12)2)19-17(21)10-11-18-20-15-7-3-4-9-16(15)22-18/h3-4,7,9-14H,5-6,8H2,1-2H3,(H,19,21)/b11-10+. The number of aromatic nitrogens is 1. The SMILES string of the molecule is CC1CCCC(NC(=O)/C=C/c2nc3ccccc3s2)C1C. The molecule has 116 valence electrons. The number of hydrogen-bond donors (Lipinski definition) is 1. The van der Waals surface area contributed by atoms with E-state index in [0.717, 1.165) is 21.6 Å². The first-order valence-corrected chi connectivity index (χ1v) is 8.79. The number of thiazole rings is 1. The number of carbonyl (C=O) groups is 1. The molecule has 1 heterocycles. The highest BCUT2D eigenvalue weighted by atomic mass is 32.1. The molecule has 0 aliphatic heterocycles. The van der Waals surface area contributed by atoms with Gasteiger partial charge in [0.1, 0.15) is 5.01 Å². The van der Waals surface area contributed by atoms with Crippen LogP contribution in [0.5, 0.6) is 0 Å². The summed E-state index contributed by atoms with van der Waals surface area (Å²) in [4.78, 5) is 16.6. The number of nitrogens with one attached hydrogen (secondary N) is 1. The van der Waals surface area contributed by atoms with Crippen LogP contribution in [-0.2, 0) is 4.79 Å². The van der Waals surface area contributed by atoms with E-state index in [2.05, 4.69) is 30.2 Å². The summed E-state index contributed by atoms with van der Waals surface area (Å²) in [6.07, 6.45) is 7.00. The number of para-hydroxylation sites is 1. The molecule has 1 fully saturated rings. The molecule has 1 amide bonds. The van der Waals surface area contributed by atoms with Crippen LogP contribution >= 0.6 is 11.3 Å². The number of amides is 1. The Labute approximate surface area is 135 Å². The summed E-state index contributed by atoms with van der Waals surface area (Å²) in [6.45, 7) is 4.52. The lowest BCUT2D eigenvalue weighted by Crippen LogP contribution is -2.43. The summed E-state index contributed by atoms with van der Waals surface area (Å²) in [6, 6.07) is 8.33. The molecule has 0 spiro atoms. The second-order valence-electron chi connectivity index (χ2n) is 6.24. The van der Waals surface area contributed by atoms with E-state index in [1.54, 1.807) is 17.4 Å². The average Bonchev–Trinajstić information content (AvgIpc) is 2.93. The smallest absolute Gasteiger partial charge is 0.244 e. The van der Waals surface area contributed by atoms with E-state index < -0.39 is 0 Å². The Morgan fingerprint density at radius 3 is 2.95 bits per heavy atom. The number of benzene rings is 1. The Balaban J connectivity index is 1.63. The molecule has 1 N–H and O–H groups in total. The van der Waals surface area contributed by atoms with Crippen molar-refractivity contribution >= 4 is 33.5 Å². The van der Waals surface area contributed by atoms with Crippen molar-refractivity contribution in [2.75, 3.05) is 0 Å². The van der Waals surface area contributed by atoms with E-state index in [1.165, 1.54) is 12.8 Å². The molecule has 3 unspecified atom stereocenters. The fourth-order valence-electron chi connectivity index (χ4n) is 3.12. The second kappa shape index (κ2) is 6.61. The Bertz CT molecular complexity index is 658. The highest BCUT2D eigenvalue weighted by molar-refractivity contribution is 7.19. The monoisotopic (exact) mass is 314 g/mol. The van der Waals surface area contributed by atoms with Gasteiger partial charge in [-0.1, -0.05) is 38.8 Å². The van der Waals surface area contributed by atoms with Gasteiger partial charge in [-0.2, -0.15) is 0 Å². The van der Waals surface area contributed by atoms with E-state index >= 15 is 0 Å². The van der Waals surface area contributed by atoms with Crippen molar-refractivity contribution in [1.29, 1.82) is 0 Å². The van der Waals surface area contributed by atoms with Gasteiger partial charge >= 0.3 is 0 Å². The normalized spacial score (nSPS) is 25.6. The van der Waals surface area contributed by atoms with Gasteiger partial charge in [-0.15, -0.1) is 11.3 Å². The molecular formula is C18H22N2OS. The molecule has 4 heteroatoms. The van der Waals surface area contributed by atoms with Crippen LogP contribution in [0.4, 0.5) is 0 Å². The van der Waals surface area contributed by atoms with Crippen LogP contribution in [0.25, 0.3) is 16.3 Å². The van der Waals surface area contributed by atoms with E-state index in [1.807, 2.05) is 24.3 Å². The van der Waals surface area contributed by atoms with Gasteiger partial charge in [-0.3, -0.25) is 4.79 Å². The van der Waals surface area contributed by atoms with Crippen molar-refractivity contribution in [2.24, 2.45) is 11.8 Å². The maximum absolute atomic E-state index is 12.1. The van der Waals surface area contributed by atoms with Gasteiger partial charge in [0, 0.05) is 12.1 Å². The lowest BCUT2D eigenvalue weighted by Gasteiger charge is -2.34. The first-order chi connectivity index (χ1) is 10.6. The number of nitrogens with zero attached hydrogens (tertiary/aromatic N) is 1. The third-order valence-electron chi connectivity index (χ3n) is 4.72.